The molecule has 0 saturated heterocycles. The van der Waals surface area contributed by atoms with E-state index in [-0.39, 0.29) is 17.3 Å². The Labute approximate surface area is 122 Å². The van der Waals surface area contributed by atoms with Crippen LogP contribution in [0.15, 0.2) is 18.2 Å². The number of hydrogen-bond acceptors (Lipinski definition) is 2. The van der Waals surface area contributed by atoms with Crippen molar-refractivity contribution in [2.45, 2.75) is 39.4 Å². The first-order chi connectivity index (χ1) is 9.65. The Morgan fingerprint density at radius 3 is 2.33 bits per heavy atom. The van der Waals surface area contributed by atoms with Crippen molar-refractivity contribution < 1.29 is 18.0 Å². The van der Waals surface area contributed by atoms with Crippen LogP contribution in [0, 0.1) is 5.92 Å². The van der Waals surface area contributed by atoms with Crippen molar-refractivity contribution >= 4 is 11.6 Å². The molecule has 1 aromatic carbocycles. The van der Waals surface area contributed by atoms with Crippen molar-refractivity contribution in [2.75, 3.05) is 12.4 Å². The molecule has 0 radical (unpaired) electrons. The van der Waals surface area contributed by atoms with E-state index >= 15 is 0 Å². The van der Waals surface area contributed by atoms with E-state index in [9.17, 15) is 18.0 Å². The molecular weight excluding hydrogens is 281 g/mol. The highest BCUT2D eigenvalue weighted by Gasteiger charge is 2.34. The molecule has 1 unspecified atom stereocenters. The van der Waals surface area contributed by atoms with Crippen molar-refractivity contribution in [2.24, 2.45) is 5.92 Å². The third-order valence-corrected chi connectivity index (χ3v) is 3.06. The van der Waals surface area contributed by atoms with Gasteiger partial charge in [-0.25, -0.2) is 0 Å². The molecule has 0 spiro atoms. The quantitative estimate of drug-likeness (QED) is 0.866. The van der Waals surface area contributed by atoms with Gasteiger partial charge in [0.05, 0.1) is 5.56 Å². The molecule has 1 rings (SSSR count). The van der Waals surface area contributed by atoms with Gasteiger partial charge in [0.25, 0.3) is 5.91 Å². The molecule has 0 aromatic heterocycles. The van der Waals surface area contributed by atoms with Gasteiger partial charge in [-0.15, -0.1) is 0 Å². The highest BCUT2D eigenvalue weighted by molar-refractivity contribution is 5.95. The average Bonchev–Trinajstić information content (AvgIpc) is 2.35. The molecule has 1 aromatic rings. The van der Waals surface area contributed by atoms with Gasteiger partial charge in [-0.05, 0) is 37.5 Å². The summed E-state index contributed by atoms with van der Waals surface area (Å²) in [6.45, 7) is 5.88. The number of halogens is 3. The highest BCUT2D eigenvalue weighted by atomic mass is 19.4. The number of carbonyl (C=O) groups excluding carboxylic acids is 1. The Morgan fingerprint density at radius 2 is 1.86 bits per heavy atom. The minimum Gasteiger partial charge on any atom is -0.388 e. The first kappa shape index (κ1) is 17.3. The van der Waals surface area contributed by atoms with Crippen LogP contribution in [0.3, 0.4) is 0 Å². The first-order valence-electron chi connectivity index (χ1n) is 6.85. The number of carbonyl (C=O) groups is 1. The minimum absolute atomic E-state index is 0.0110. The number of rotatable bonds is 5. The van der Waals surface area contributed by atoms with E-state index in [1.807, 2.05) is 20.8 Å². The van der Waals surface area contributed by atoms with Gasteiger partial charge < -0.3 is 10.6 Å². The van der Waals surface area contributed by atoms with Crippen LogP contribution >= 0.6 is 0 Å². The predicted octanol–water partition coefficient (Wildman–Crippen LogP) is 3.91. The molecule has 118 valence electrons. The summed E-state index contributed by atoms with van der Waals surface area (Å²) in [5.41, 5.74) is -0.875. The van der Waals surface area contributed by atoms with Gasteiger partial charge in [0, 0.05) is 24.3 Å². The summed E-state index contributed by atoms with van der Waals surface area (Å²) in [6.07, 6.45) is -3.73. The molecule has 0 aliphatic carbocycles. The summed E-state index contributed by atoms with van der Waals surface area (Å²) in [7, 11) is 1.41. The first-order valence-corrected chi connectivity index (χ1v) is 6.85. The van der Waals surface area contributed by atoms with E-state index in [0.29, 0.717) is 5.92 Å². The molecule has 0 heterocycles. The molecule has 0 saturated carbocycles. The number of anilines is 1. The predicted molar refractivity (Wildman–Crippen MR) is 77.4 cm³/mol. The molecule has 3 nitrogen and oxygen atoms in total. The zero-order valence-corrected chi connectivity index (χ0v) is 12.6. The van der Waals surface area contributed by atoms with Crippen molar-refractivity contribution in [3.8, 4) is 0 Å². The van der Waals surface area contributed by atoms with Gasteiger partial charge in [-0.1, -0.05) is 13.8 Å². The Bertz CT molecular complexity index is 498. The van der Waals surface area contributed by atoms with Crippen LogP contribution in [0.4, 0.5) is 18.9 Å². The summed E-state index contributed by atoms with van der Waals surface area (Å²) in [5, 5.41) is 5.20. The van der Waals surface area contributed by atoms with Crippen LogP contribution < -0.4 is 10.6 Å². The second-order valence-corrected chi connectivity index (χ2v) is 5.51. The zero-order valence-electron chi connectivity index (χ0n) is 12.6. The van der Waals surface area contributed by atoms with Gasteiger partial charge in [0.2, 0.25) is 0 Å². The summed E-state index contributed by atoms with van der Waals surface area (Å²) in [5.74, 6) is -0.0889. The largest absolute Gasteiger partial charge is 0.418 e. The maximum atomic E-state index is 12.9. The fourth-order valence-corrected chi connectivity index (χ4v) is 2.21. The number of alkyl halides is 3. The number of benzene rings is 1. The van der Waals surface area contributed by atoms with E-state index in [2.05, 4.69) is 10.6 Å². The Hall–Kier alpha value is -1.72. The SMILES string of the molecule is CNc1ccc(C(=O)NC(C)CC(C)C)cc1C(F)(F)F. The van der Waals surface area contributed by atoms with Crippen molar-refractivity contribution in [1.29, 1.82) is 0 Å². The van der Waals surface area contributed by atoms with E-state index in [4.69, 9.17) is 0 Å². The molecule has 0 aliphatic heterocycles. The van der Waals surface area contributed by atoms with Gasteiger partial charge in [0.15, 0.2) is 0 Å². The smallest absolute Gasteiger partial charge is 0.388 e. The Morgan fingerprint density at radius 1 is 1.24 bits per heavy atom. The maximum absolute atomic E-state index is 12.9. The van der Waals surface area contributed by atoms with E-state index < -0.39 is 17.6 Å². The van der Waals surface area contributed by atoms with Crippen LogP contribution in [0.5, 0.6) is 0 Å². The lowest BCUT2D eigenvalue weighted by molar-refractivity contribution is -0.136. The van der Waals surface area contributed by atoms with Crippen LogP contribution in [0.25, 0.3) is 0 Å². The van der Waals surface area contributed by atoms with Gasteiger partial charge in [0.1, 0.15) is 0 Å². The molecule has 1 atom stereocenters. The molecule has 6 heteroatoms. The van der Waals surface area contributed by atoms with Crippen molar-refractivity contribution in [1.82, 2.24) is 5.32 Å². The lowest BCUT2D eigenvalue weighted by Crippen LogP contribution is -2.33. The van der Waals surface area contributed by atoms with Crippen molar-refractivity contribution in [3.05, 3.63) is 29.3 Å². The zero-order chi connectivity index (χ0) is 16.2. The molecule has 0 fully saturated rings. The summed E-state index contributed by atoms with van der Waals surface area (Å²) in [4.78, 5) is 12.0. The molecule has 2 N–H and O–H groups in total. The summed E-state index contributed by atoms with van der Waals surface area (Å²) in [6, 6.07) is 3.45. The molecule has 1 amide bonds. The molecule has 0 bridgehead atoms. The van der Waals surface area contributed by atoms with Gasteiger partial charge in [-0.2, -0.15) is 13.2 Å². The van der Waals surface area contributed by atoms with Gasteiger partial charge in [-0.3, -0.25) is 4.79 Å². The standard InChI is InChI=1S/C15H21F3N2O/c1-9(2)7-10(3)20-14(21)11-5-6-13(19-4)12(8-11)15(16,17)18/h5-6,8-10,19H,7H2,1-4H3,(H,20,21). The normalized spacial score (nSPS) is 13.1. The van der Waals surface area contributed by atoms with E-state index in [1.165, 1.54) is 19.2 Å². The third-order valence-electron chi connectivity index (χ3n) is 3.06. The second kappa shape index (κ2) is 6.83. The van der Waals surface area contributed by atoms with E-state index in [1.54, 1.807) is 0 Å². The third kappa shape index (κ3) is 4.95. The number of hydrogen-bond donors (Lipinski definition) is 2. The molecule has 0 aliphatic rings. The summed E-state index contributed by atoms with van der Waals surface area (Å²) >= 11 is 0. The lowest BCUT2D eigenvalue weighted by Gasteiger charge is -2.17. The minimum atomic E-state index is -4.50. The second-order valence-electron chi connectivity index (χ2n) is 5.51. The number of amides is 1. The fourth-order valence-electron chi connectivity index (χ4n) is 2.21. The van der Waals surface area contributed by atoms with Gasteiger partial charge >= 0.3 is 6.18 Å². The fraction of sp³-hybridized carbons (Fsp3) is 0.533. The average molecular weight is 302 g/mol. The van der Waals surface area contributed by atoms with Crippen LogP contribution in [0.1, 0.15) is 43.1 Å². The number of nitrogens with one attached hydrogen (secondary N) is 2. The van der Waals surface area contributed by atoms with Crippen molar-refractivity contribution in [3.63, 3.8) is 0 Å². The van der Waals surface area contributed by atoms with E-state index in [0.717, 1.165) is 12.5 Å². The Kier molecular flexibility index (Phi) is 5.63. The Balaban J connectivity index is 2.96. The summed E-state index contributed by atoms with van der Waals surface area (Å²) < 4.78 is 38.8. The maximum Gasteiger partial charge on any atom is 0.418 e. The lowest BCUT2D eigenvalue weighted by atomic mass is 10.0. The monoisotopic (exact) mass is 302 g/mol. The molecule has 21 heavy (non-hydrogen) atoms. The van der Waals surface area contributed by atoms with Crippen LogP contribution in [-0.4, -0.2) is 19.0 Å². The van der Waals surface area contributed by atoms with Crippen LogP contribution in [-0.2, 0) is 6.18 Å². The topological polar surface area (TPSA) is 41.1 Å². The van der Waals surface area contributed by atoms with Crippen LogP contribution in [0.2, 0.25) is 0 Å². The molecular formula is C15H21F3N2O. The highest BCUT2D eigenvalue weighted by Crippen LogP contribution is 2.35.